The van der Waals surface area contributed by atoms with Crippen LogP contribution in [-0.4, -0.2) is 42.8 Å². The first-order valence-electron chi connectivity index (χ1n) is 9.46. The molecule has 0 spiro atoms. The zero-order valence-corrected chi connectivity index (χ0v) is 16.4. The topological polar surface area (TPSA) is 78.5 Å². The Balaban J connectivity index is 1.70. The van der Waals surface area contributed by atoms with Crippen LogP contribution in [0.1, 0.15) is 35.7 Å². The second kappa shape index (κ2) is 10.9. The van der Waals surface area contributed by atoms with Crippen LogP contribution in [0.5, 0.6) is 0 Å². The lowest BCUT2D eigenvalue weighted by atomic mass is 10.1. The molecule has 0 aromatic heterocycles. The molecule has 6 heteroatoms. The third-order valence-electron chi connectivity index (χ3n) is 4.37. The van der Waals surface area contributed by atoms with E-state index in [1.54, 1.807) is 31.3 Å². The summed E-state index contributed by atoms with van der Waals surface area (Å²) >= 11 is 0. The number of aryl methyl sites for hydroxylation is 1. The summed E-state index contributed by atoms with van der Waals surface area (Å²) in [5.74, 6) is -0.516. The van der Waals surface area contributed by atoms with E-state index < -0.39 is 0 Å². The van der Waals surface area contributed by atoms with Crippen LogP contribution in [0.3, 0.4) is 0 Å². The molecule has 6 nitrogen and oxygen atoms in total. The average Bonchev–Trinajstić information content (AvgIpc) is 2.71. The van der Waals surface area contributed by atoms with Crippen LogP contribution in [0.25, 0.3) is 0 Å². The number of amides is 3. The predicted molar refractivity (Wildman–Crippen MR) is 110 cm³/mol. The summed E-state index contributed by atoms with van der Waals surface area (Å²) in [6.07, 6.45) is 1.60. The summed E-state index contributed by atoms with van der Waals surface area (Å²) in [6, 6.07) is 16.6. The first-order valence-corrected chi connectivity index (χ1v) is 9.46. The molecule has 0 heterocycles. The second-order valence-corrected chi connectivity index (χ2v) is 6.53. The van der Waals surface area contributed by atoms with E-state index in [2.05, 4.69) is 10.6 Å². The lowest BCUT2D eigenvalue weighted by molar-refractivity contribution is -0.133. The van der Waals surface area contributed by atoms with Gasteiger partial charge >= 0.3 is 0 Å². The number of benzene rings is 2. The molecule has 2 aromatic rings. The van der Waals surface area contributed by atoms with E-state index in [-0.39, 0.29) is 30.7 Å². The molecule has 2 N–H and O–H groups in total. The van der Waals surface area contributed by atoms with Crippen molar-refractivity contribution in [2.45, 2.75) is 26.2 Å². The number of rotatable bonds is 9. The minimum Gasteiger partial charge on any atom is -0.352 e. The number of anilines is 1. The van der Waals surface area contributed by atoms with Crippen LogP contribution in [0.15, 0.2) is 54.6 Å². The Labute approximate surface area is 165 Å². The van der Waals surface area contributed by atoms with E-state index in [0.717, 1.165) is 17.7 Å². The largest absolute Gasteiger partial charge is 0.352 e. The van der Waals surface area contributed by atoms with Crippen molar-refractivity contribution in [1.82, 2.24) is 10.2 Å². The van der Waals surface area contributed by atoms with E-state index in [9.17, 15) is 14.4 Å². The Morgan fingerprint density at radius 3 is 2.36 bits per heavy atom. The van der Waals surface area contributed by atoms with Crippen LogP contribution >= 0.6 is 0 Å². The number of carbonyl (C=O) groups is 3. The van der Waals surface area contributed by atoms with Gasteiger partial charge in [-0.25, -0.2) is 0 Å². The van der Waals surface area contributed by atoms with E-state index in [4.69, 9.17) is 0 Å². The Morgan fingerprint density at radius 2 is 1.64 bits per heavy atom. The number of likely N-dealkylation sites (N-methyl/N-ethyl adjacent to an activating group) is 1. The van der Waals surface area contributed by atoms with Crippen molar-refractivity contribution in [3.8, 4) is 0 Å². The lowest BCUT2D eigenvalue weighted by Gasteiger charge is -2.17. The number of hydrogen-bond donors (Lipinski definition) is 2. The van der Waals surface area contributed by atoms with E-state index in [1.807, 2.05) is 37.3 Å². The van der Waals surface area contributed by atoms with Gasteiger partial charge in [0.15, 0.2) is 0 Å². The van der Waals surface area contributed by atoms with Gasteiger partial charge in [-0.05, 0) is 36.6 Å². The third-order valence-corrected chi connectivity index (χ3v) is 4.37. The summed E-state index contributed by atoms with van der Waals surface area (Å²) in [6.45, 7) is 2.42. The molecular weight excluding hydrogens is 354 g/mol. The number of nitrogens with zero attached hydrogens (tertiary/aromatic N) is 1. The molecule has 3 amide bonds. The highest BCUT2D eigenvalue weighted by atomic mass is 16.2. The highest BCUT2D eigenvalue weighted by Gasteiger charge is 2.14. The Hall–Kier alpha value is -3.15. The monoisotopic (exact) mass is 381 g/mol. The number of para-hydroxylation sites is 1. The first kappa shape index (κ1) is 21.2. The van der Waals surface area contributed by atoms with Crippen LogP contribution in [0.4, 0.5) is 5.69 Å². The molecular formula is C22H27N3O3. The van der Waals surface area contributed by atoms with Gasteiger partial charge in [0.05, 0.1) is 6.54 Å². The summed E-state index contributed by atoms with van der Waals surface area (Å²) in [5, 5.41) is 5.65. The van der Waals surface area contributed by atoms with Gasteiger partial charge in [-0.3, -0.25) is 14.4 Å². The Bertz CT molecular complexity index is 806. The maximum atomic E-state index is 12.2. The third kappa shape index (κ3) is 6.54. The molecule has 2 rings (SSSR count). The Morgan fingerprint density at radius 1 is 0.964 bits per heavy atom. The summed E-state index contributed by atoms with van der Waals surface area (Å²) in [5.41, 5.74) is 2.42. The summed E-state index contributed by atoms with van der Waals surface area (Å²) < 4.78 is 0. The van der Waals surface area contributed by atoms with Crippen molar-refractivity contribution < 1.29 is 14.4 Å². The van der Waals surface area contributed by atoms with Crippen LogP contribution in [0.2, 0.25) is 0 Å². The molecule has 0 aliphatic heterocycles. The molecule has 0 aliphatic carbocycles. The normalized spacial score (nSPS) is 10.2. The van der Waals surface area contributed by atoms with Crippen molar-refractivity contribution >= 4 is 23.4 Å². The zero-order valence-electron chi connectivity index (χ0n) is 16.4. The van der Waals surface area contributed by atoms with Gasteiger partial charge in [-0.15, -0.1) is 0 Å². The first-order chi connectivity index (χ1) is 13.5. The predicted octanol–water partition coefficient (Wildman–Crippen LogP) is 2.86. The van der Waals surface area contributed by atoms with Crippen LogP contribution < -0.4 is 10.6 Å². The minimum absolute atomic E-state index is 0.00669. The number of hydrogen-bond acceptors (Lipinski definition) is 3. The maximum absolute atomic E-state index is 12.2. The molecule has 0 atom stereocenters. The molecule has 0 saturated carbocycles. The van der Waals surface area contributed by atoms with Gasteiger partial charge in [-0.2, -0.15) is 0 Å². The molecule has 0 fully saturated rings. The van der Waals surface area contributed by atoms with Gasteiger partial charge in [0.1, 0.15) is 0 Å². The molecule has 0 bridgehead atoms. The molecule has 0 radical (unpaired) electrons. The molecule has 0 saturated heterocycles. The van der Waals surface area contributed by atoms with Gasteiger partial charge in [0, 0.05) is 31.3 Å². The SMILES string of the molecule is CCc1ccccc1NC(=O)CN(C)C(=O)CCCNC(=O)c1ccccc1. The fourth-order valence-electron chi connectivity index (χ4n) is 2.77. The average molecular weight is 381 g/mol. The molecule has 0 aliphatic rings. The fourth-order valence-corrected chi connectivity index (χ4v) is 2.77. The smallest absolute Gasteiger partial charge is 0.251 e. The van der Waals surface area contributed by atoms with Crippen molar-refractivity contribution in [1.29, 1.82) is 0 Å². The maximum Gasteiger partial charge on any atom is 0.251 e. The lowest BCUT2D eigenvalue weighted by Crippen LogP contribution is -2.35. The number of nitrogens with one attached hydrogen (secondary N) is 2. The van der Waals surface area contributed by atoms with Gasteiger partial charge in [-0.1, -0.05) is 43.3 Å². The van der Waals surface area contributed by atoms with Gasteiger partial charge in [0.2, 0.25) is 11.8 Å². The van der Waals surface area contributed by atoms with Crippen LogP contribution in [-0.2, 0) is 16.0 Å². The fraction of sp³-hybridized carbons (Fsp3) is 0.318. The van der Waals surface area contributed by atoms with E-state index in [1.165, 1.54) is 4.90 Å². The van der Waals surface area contributed by atoms with Gasteiger partial charge < -0.3 is 15.5 Å². The van der Waals surface area contributed by atoms with Crippen molar-refractivity contribution in [2.24, 2.45) is 0 Å². The minimum atomic E-state index is -0.228. The highest BCUT2D eigenvalue weighted by molar-refractivity contribution is 5.95. The zero-order chi connectivity index (χ0) is 20.4. The van der Waals surface area contributed by atoms with E-state index >= 15 is 0 Å². The van der Waals surface area contributed by atoms with Gasteiger partial charge in [0.25, 0.3) is 5.91 Å². The summed E-state index contributed by atoms with van der Waals surface area (Å²) in [4.78, 5) is 37.8. The molecule has 2 aromatic carbocycles. The molecule has 0 unspecified atom stereocenters. The quantitative estimate of drug-likeness (QED) is 0.656. The molecule has 28 heavy (non-hydrogen) atoms. The van der Waals surface area contributed by atoms with Crippen LogP contribution in [0, 0.1) is 0 Å². The summed E-state index contributed by atoms with van der Waals surface area (Å²) in [7, 11) is 1.61. The Kier molecular flexibility index (Phi) is 8.21. The molecule has 148 valence electrons. The van der Waals surface area contributed by atoms with Crippen molar-refractivity contribution in [2.75, 3.05) is 25.5 Å². The highest BCUT2D eigenvalue weighted by Crippen LogP contribution is 2.15. The second-order valence-electron chi connectivity index (χ2n) is 6.53. The van der Waals surface area contributed by atoms with Crippen molar-refractivity contribution in [3.63, 3.8) is 0 Å². The standard InChI is InChI=1S/C22H27N3O3/c1-3-17-10-7-8-13-19(17)24-20(26)16-25(2)21(27)14-9-15-23-22(28)18-11-5-4-6-12-18/h4-8,10-13H,3,9,14-16H2,1-2H3,(H,23,28)(H,24,26). The van der Waals surface area contributed by atoms with E-state index in [0.29, 0.717) is 18.5 Å². The number of carbonyl (C=O) groups excluding carboxylic acids is 3. The van der Waals surface area contributed by atoms with Crippen molar-refractivity contribution in [3.05, 3.63) is 65.7 Å².